The van der Waals surface area contributed by atoms with Crippen molar-refractivity contribution in [2.75, 3.05) is 18.5 Å². The van der Waals surface area contributed by atoms with Gasteiger partial charge in [-0.15, -0.1) is 6.58 Å². The molecule has 1 aliphatic heterocycles. The van der Waals surface area contributed by atoms with Crippen molar-refractivity contribution >= 4 is 40.6 Å². The monoisotopic (exact) mass is 408 g/mol. The third-order valence-electron chi connectivity index (χ3n) is 4.07. The maximum Gasteiger partial charge on any atom is 0.293 e. The minimum atomic E-state index is -0.326. The van der Waals surface area contributed by atoms with E-state index in [1.807, 2.05) is 31.2 Å². The Kier molecular flexibility index (Phi) is 6.51. The zero-order valence-electron chi connectivity index (χ0n) is 15.9. The summed E-state index contributed by atoms with van der Waals surface area (Å²) in [5.74, 6) is -0.0530. The van der Waals surface area contributed by atoms with E-state index in [0.29, 0.717) is 16.3 Å². The van der Waals surface area contributed by atoms with Crippen LogP contribution in [0.3, 0.4) is 0 Å². The first-order valence-electron chi connectivity index (χ1n) is 8.92. The third kappa shape index (κ3) is 5.36. The van der Waals surface area contributed by atoms with E-state index in [2.05, 4.69) is 11.9 Å². The summed E-state index contributed by atoms with van der Waals surface area (Å²) in [4.78, 5) is 37.6. The lowest BCUT2D eigenvalue weighted by Crippen LogP contribution is -2.27. The number of benzene rings is 2. The molecule has 6 nitrogen and oxygen atoms in total. The largest absolute Gasteiger partial charge is 0.484 e. The van der Waals surface area contributed by atoms with Gasteiger partial charge in [-0.2, -0.15) is 0 Å². The Hall–Kier alpha value is -3.32. The average molecular weight is 408 g/mol. The van der Waals surface area contributed by atoms with E-state index in [1.165, 1.54) is 6.08 Å². The molecule has 3 amide bonds. The second-order valence-corrected chi connectivity index (χ2v) is 7.35. The smallest absolute Gasteiger partial charge is 0.293 e. The summed E-state index contributed by atoms with van der Waals surface area (Å²) < 4.78 is 5.50. The highest BCUT2D eigenvalue weighted by molar-refractivity contribution is 8.18. The van der Waals surface area contributed by atoms with Gasteiger partial charge in [-0.3, -0.25) is 19.3 Å². The molecule has 0 spiro atoms. The topological polar surface area (TPSA) is 75.7 Å². The molecule has 1 fully saturated rings. The quantitative estimate of drug-likeness (QED) is 0.548. The number of imide groups is 1. The van der Waals surface area contributed by atoms with E-state index in [4.69, 9.17) is 4.74 Å². The van der Waals surface area contributed by atoms with E-state index in [-0.39, 0.29) is 30.2 Å². The van der Waals surface area contributed by atoms with Gasteiger partial charge in [0.1, 0.15) is 5.75 Å². The highest BCUT2D eigenvalue weighted by Gasteiger charge is 2.33. The molecule has 0 unspecified atom stereocenters. The van der Waals surface area contributed by atoms with Gasteiger partial charge in [-0.05, 0) is 54.6 Å². The number of aryl methyl sites for hydroxylation is 1. The fourth-order valence-corrected chi connectivity index (χ4v) is 3.43. The average Bonchev–Trinajstić information content (AvgIpc) is 2.97. The molecule has 148 valence electrons. The lowest BCUT2D eigenvalue weighted by atomic mass is 10.2. The lowest BCUT2D eigenvalue weighted by Gasteiger charge is -2.08. The van der Waals surface area contributed by atoms with Crippen LogP contribution in [0.2, 0.25) is 0 Å². The Bertz CT molecular complexity index is 965. The van der Waals surface area contributed by atoms with Crippen molar-refractivity contribution in [3.05, 3.63) is 77.2 Å². The van der Waals surface area contributed by atoms with Gasteiger partial charge in [-0.25, -0.2) is 0 Å². The summed E-state index contributed by atoms with van der Waals surface area (Å²) in [5, 5.41) is 2.46. The molecule has 0 bridgehead atoms. The van der Waals surface area contributed by atoms with Gasteiger partial charge in [0.25, 0.3) is 17.1 Å². The first-order valence-corrected chi connectivity index (χ1v) is 9.73. The summed E-state index contributed by atoms with van der Waals surface area (Å²) in [7, 11) is 0. The number of ether oxygens (including phenoxy) is 1. The second kappa shape index (κ2) is 9.25. The number of nitrogens with zero attached hydrogens (tertiary/aromatic N) is 1. The minimum absolute atomic E-state index is 0.117. The predicted molar refractivity (Wildman–Crippen MR) is 115 cm³/mol. The van der Waals surface area contributed by atoms with E-state index in [9.17, 15) is 14.4 Å². The van der Waals surface area contributed by atoms with Gasteiger partial charge >= 0.3 is 0 Å². The van der Waals surface area contributed by atoms with Crippen molar-refractivity contribution in [2.24, 2.45) is 0 Å². The standard InChI is InChI=1S/C22H20N2O4S/c1-3-12-24-21(26)19(29-22(24)27)13-16-6-10-18(11-7-16)28-14-20(25)23-17-8-4-15(2)5-9-17/h3-11,13H,1,12,14H2,2H3,(H,23,25)/b19-13+. The Morgan fingerprint density at radius 2 is 1.83 bits per heavy atom. The number of carbonyl (C=O) groups excluding carboxylic acids is 3. The van der Waals surface area contributed by atoms with E-state index >= 15 is 0 Å². The summed E-state index contributed by atoms with van der Waals surface area (Å²) in [5.41, 5.74) is 2.58. The summed E-state index contributed by atoms with van der Waals surface area (Å²) in [6.07, 6.45) is 3.17. The van der Waals surface area contributed by atoms with Crippen LogP contribution in [0.5, 0.6) is 5.75 Å². The SMILES string of the molecule is C=CCN1C(=O)S/C(=C/c2ccc(OCC(=O)Nc3ccc(C)cc3)cc2)C1=O. The van der Waals surface area contributed by atoms with Crippen molar-refractivity contribution in [3.8, 4) is 5.75 Å². The lowest BCUT2D eigenvalue weighted by molar-refractivity contribution is -0.122. The van der Waals surface area contributed by atoms with Crippen LogP contribution in [0.25, 0.3) is 6.08 Å². The normalized spacial score (nSPS) is 14.9. The Morgan fingerprint density at radius 3 is 2.48 bits per heavy atom. The Balaban J connectivity index is 1.55. The fraction of sp³-hybridized carbons (Fsp3) is 0.136. The van der Waals surface area contributed by atoms with Gasteiger partial charge in [0.2, 0.25) is 0 Å². The van der Waals surface area contributed by atoms with Gasteiger partial charge in [-0.1, -0.05) is 35.9 Å². The molecule has 1 saturated heterocycles. The van der Waals surface area contributed by atoms with E-state index in [1.54, 1.807) is 30.3 Å². The van der Waals surface area contributed by atoms with Crippen molar-refractivity contribution in [1.82, 2.24) is 4.90 Å². The Morgan fingerprint density at radius 1 is 1.14 bits per heavy atom. The van der Waals surface area contributed by atoms with Gasteiger partial charge in [0.05, 0.1) is 4.91 Å². The zero-order chi connectivity index (χ0) is 20.8. The van der Waals surface area contributed by atoms with Crippen LogP contribution in [0.15, 0.2) is 66.1 Å². The first-order chi connectivity index (χ1) is 14.0. The number of nitrogens with one attached hydrogen (secondary N) is 1. The molecule has 0 saturated carbocycles. The Labute approximate surface area is 173 Å². The van der Waals surface area contributed by atoms with Crippen LogP contribution in [0, 0.1) is 6.92 Å². The zero-order valence-corrected chi connectivity index (χ0v) is 16.7. The molecule has 1 N–H and O–H groups in total. The number of hydrogen-bond acceptors (Lipinski definition) is 5. The summed E-state index contributed by atoms with van der Waals surface area (Å²) in [6, 6.07) is 14.4. The van der Waals surface area contributed by atoms with Crippen molar-refractivity contribution in [1.29, 1.82) is 0 Å². The third-order valence-corrected chi connectivity index (χ3v) is 4.98. The predicted octanol–water partition coefficient (Wildman–Crippen LogP) is 4.23. The number of thioether (sulfide) groups is 1. The molecule has 1 aliphatic rings. The molecule has 0 radical (unpaired) electrons. The number of hydrogen-bond donors (Lipinski definition) is 1. The molecular weight excluding hydrogens is 388 g/mol. The molecule has 3 rings (SSSR count). The number of anilines is 1. The molecule has 1 heterocycles. The highest BCUT2D eigenvalue weighted by atomic mass is 32.2. The molecule has 2 aromatic carbocycles. The molecule has 0 aromatic heterocycles. The molecule has 0 atom stereocenters. The second-order valence-electron chi connectivity index (χ2n) is 6.35. The minimum Gasteiger partial charge on any atom is -0.484 e. The van der Waals surface area contributed by atoms with Gasteiger partial charge in [0, 0.05) is 12.2 Å². The highest BCUT2D eigenvalue weighted by Crippen LogP contribution is 2.32. The van der Waals surface area contributed by atoms with Crippen LogP contribution in [-0.2, 0) is 9.59 Å². The molecule has 29 heavy (non-hydrogen) atoms. The van der Waals surface area contributed by atoms with Crippen molar-refractivity contribution in [3.63, 3.8) is 0 Å². The van der Waals surface area contributed by atoms with Crippen LogP contribution in [0.1, 0.15) is 11.1 Å². The maximum absolute atomic E-state index is 12.2. The molecule has 2 aromatic rings. The molecular formula is C22H20N2O4S. The first kappa shape index (κ1) is 20.4. The van der Waals surface area contributed by atoms with Crippen LogP contribution in [0.4, 0.5) is 10.5 Å². The van der Waals surface area contributed by atoms with Crippen molar-refractivity contribution < 1.29 is 19.1 Å². The number of carbonyl (C=O) groups is 3. The van der Waals surface area contributed by atoms with Gasteiger partial charge in [0.15, 0.2) is 6.61 Å². The summed E-state index contributed by atoms with van der Waals surface area (Å²) in [6.45, 7) is 5.60. The van der Waals surface area contributed by atoms with Crippen molar-refractivity contribution in [2.45, 2.75) is 6.92 Å². The fourth-order valence-electron chi connectivity index (χ4n) is 2.58. The maximum atomic E-state index is 12.2. The number of amides is 3. The van der Waals surface area contributed by atoms with Crippen LogP contribution >= 0.6 is 11.8 Å². The van der Waals surface area contributed by atoms with E-state index < -0.39 is 0 Å². The molecule has 0 aliphatic carbocycles. The molecule has 7 heteroatoms. The summed E-state index contributed by atoms with van der Waals surface area (Å²) >= 11 is 0.903. The van der Waals surface area contributed by atoms with E-state index in [0.717, 1.165) is 27.8 Å². The number of rotatable bonds is 7. The van der Waals surface area contributed by atoms with Crippen LogP contribution < -0.4 is 10.1 Å². The van der Waals surface area contributed by atoms with Gasteiger partial charge < -0.3 is 10.1 Å². The van der Waals surface area contributed by atoms with Crippen LogP contribution in [-0.4, -0.2) is 35.1 Å².